The predicted molar refractivity (Wildman–Crippen MR) is 190 cm³/mol. The van der Waals surface area contributed by atoms with Gasteiger partial charge in [-0.1, -0.05) is 0 Å². The summed E-state index contributed by atoms with van der Waals surface area (Å²) in [5.74, 6) is -1.43. The molecule has 1 saturated carbocycles. The van der Waals surface area contributed by atoms with E-state index in [9.17, 15) is 32.9 Å². The zero-order valence-corrected chi connectivity index (χ0v) is 29.8. The fraction of sp³-hybridized carbons (Fsp3) is 0.472. The summed E-state index contributed by atoms with van der Waals surface area (Å²) in [7, 11) is -3.51. The first-order chi connectivity index (χ1) is 25.6. The van der Waals surface area contributed by atoms with Crippen molar-refractivity contribution in [3.05, 3.63) is 59.4 Å². The van der Waals surface area contributed by atoms with Crippen molar-refractivity contribution in [3.63, 3.8) is 0 Å². The van der Waals surface area contributed by atoms with Crippen LogP contribution in [0.25, 0.3) is 10.9 Å². The van der Waals surface area contributed by atoms with Crippen molar-refractivity contribution in [2.24, 2.45) is 0 Å². The smallest absolute Gasteiger partial charge is 0.262 e. The molecule has 3 aliphatic heterocycles. The molecule has 3 aromatic rings. The van der Waals surface area contributed by atoms with Crippen LogP contribution in [0.4, 0.5) is 5.82 Å². The second-order valence-electron chi connectivity index (χ2n) is 13.6. The maximum absolute atomic E-state index is 13.1. The summed E-state index contributed by atoms with van der Waals surface area (Å²) in [5.41, 5.74) is 1.62. The molecule has 2 saturated heterocycles. The molecule has 7 rings (SSSR count). The second kappa shape index (κ2) is 15.5. The zero-order valence-electron chi connectivity index (χ0n) is 29.0. The average molecular weight is 745 g/mol. The number of aromatic nitrogens is 2. The van der Waals surface area contributed by atoms with Crippen molar-refractivity contribution in [2.45, 2.75) is 56.7 Å². The van der Waals surface area contributed by atoms with Gasteiger partial charge in [0.25, 0.3) is 11.8 Å². The molecule has 1 aliphatic carbocycles. The lowest BCUT2D eigenvalue weighted by atomic mass is 9.89. The lowest BCUT2D eigenvalue weighted by Crippen LogP contribution is -2.54. The van der Waals surface area contributed by atoms with Crippen LogP contribution in [-0.2, 0) is 24.3 Å². The molecule has 4 heterocycles. The molecule has 3 fully saturated rings. The molecule has 1 unspecified atom stereocenters. The Balaban J connectivity index is 0.804. The number of hydrogen-bond donors (Lipinski definition) is 2. The first kappa shape index (κ1) is 36.3. The standard InChI is InChI=1S/C36H40N8O8S/c37-21-23-1-8-30-29(19-23)33(39-22-38-30)40-24-2-4-25(5-3-24)42-11-13-43(14-12-42)53(49,50)18-17-51-15-16-52-26-6-7-27-28(20-26)36(48)44(35(27)47)31-9-10-32(45)41-34(31)46/h1,6-8,19-20,22,24-25,31H,2-5,9-18H2,(H,38,39,40)(H,41,45,46)/t24-,25+,31?. The normalized spacial score (nSPS) is 22.8. The number of fused-ring (bicyclic) bond motifs is 2. The lowest BCUT2D eigenvalue weighted by Gasteiger charge is -2.41. The summed E-state index contributed by atoms with van der Waals surface area (Å²) >= 11 is 0. The highest BCUT2D eigenvalue weighted by molar-refractivity contribution is 7.89. The van der Waals surface area contributed by atoms with Crippen LogP contribution in [0.3, 0.4) is 0 Å². The number of nitrogens with one attached hydrogen (secondary N) is 2. The Labute approximate surface area is 306 Å². The van der Waals surface area contributed by atoms with Gasteiger partial charge in [0, 0.05) is 50.1 Å². The summed E-state index contributed by atoms with van der Waals surface area (Å²) in [6.07, 6.45) is 5.55. The molecule has 0 spiro atoms. The molecule has 1 atom stereocenters. The lowest BCUT2D eigenvalue weighted by molar-refractivity contribution is -0.136. The van der Waals surface area contributed by atoms with Gasteiger partial charge in [-0.25, -0.2) is 18.4 Å². The monoisotopic (exact) mass is 744 g/mol. The fourth-order valence-corrected chi connectivity index (χ4v) is 8.83. The number of amides is 4. The Kier molecular flexibility index (Phi) is 10.6. The van der Waals surface area contributed by atoms with Gasteiger partial charge < -0.3 is 14.8 Å². The molecular formula is C36H40N8O8S. The van der Waals surface area contributed by atoms with Gasteiger partial charge in [-0.3, -0.25) is 34.3 Å². The van der Waals surface area contributed by atoms with Gasteiger partial charge in [0.05, 0.1) is 47.2 Å². The van der Waals surface area contributed by atoms with E-state index in [4.69, 9.17) is 9.47 Å². The van der Waals surface area contributed by atoms with Crippen molar-refractivity contribution in [1.29, 1.82) is 5.26 Å². The number of hydrogen-bond acceptors (Lipinski definition) is 13. The summed E-state index contributed by atoms with van der Waals surface area (Å²) in [6, 6.07) is 11.6. The van der Waals surface area contributed by atoms with E-state index in [0.717, 1.165) is 47.3 Å². The van der Waals surface area contributed by atoms with E-state index < -0.39 is 39.7 Å². The number of benzene rings is 2. The number of piperazine rings is 1. The van der Waals surface area contributed by atoms with Gasteiger partial charge in [0.15, 0.2) is 0 Å². The molecule has 2 aromatic carbocycles. The molecule has 53 heavy (non-hydrogen) atoms. The van der Waals surface area contributed by atoms with Crippen LogP contribution in [0.1, 0.15) is 64.8 Å². The molecule has 4 amide bonds. The van der Waals surface area contributed by atoms with Gasteiger partial charge in [0.2, 0.25) is 21.8 Å². The van der Waals surface area contributed by atoms with Crippen molar-refractivity contribution in [3.8, 4) is 11.8 Å². The quantitative estimate of drug-likeness (QED) is 0.200. The van der Waals surface area contributed by atoms with Crippen LogP contribution in [0.2, 0.25) is 0 Å². The number of piperidine rings is 1. The molecule has 0 bridgehead atoms. The molecule has 16 nitrogen and oxygen atoms in total. The average Bonchev–Trinajstić information content (AvgIpc) is 3.41. The Morgan fingerprint density at radius 2 is 1.66 bits per heavy atom. The highest BCUT2D eigenvalue weighted by Gasteiger charge is 2.44. The largest absolute Gasteiger partial charge is 0.491 e. The van der Waals surface area contributed by atoms with Gasteiger partial charge >= 0.3 is 0 Å². The van der Waals surface area contributed by atoms with Gasteiger partial charge in [0.1, 0.15) is 30.5 Å². The number of imide groups is 2. The first-order valence-corrected chi connectivity index (χ1v) is 19.4. The summed E-state index contributed by atoms with van der Waals surface area (Å²) in [6.45, 7) is 2.40. The highest BCUT2D eigenvalue weighted by Crippen LogP contribution is 2.31. The van der Waals surface area contributed by atoms with E-state index >= 15 is 0 Å². The molecule has 2 N–H and O–H groups in total. The van der Waals surface area contributed by atoms with Gasteiger partial charge in [-0.2, -0.15) is 9.57 Å². The summed E-state index contributed by atoms with van der Waals surface area (Å²) < 4.78 is 38.9. The van der Waals surface area contributed by atoms with Gasteiger partial charge in [-0.15, -0.1) is 0 Å². The fourth-order valence-electron chi connectivity index (χ4n) is 7.52. The molecular weight excluding hydrogens is 705 g/mol. The molecule has 4 aliphatic rings. The van der Waals surface area contributed by atoms with E-state index in [-0.39, 0.29) is 55.6 Å². The Morgan fingerprint density at radius 3 is 2.42 bits per heavy atom. The van der Waals surface area contributed by atoms with Crippen LogP contribution in [-0.4, -0.2) is 126 Å². The SMILES string of the molecule is N#Cc1ccc2ncnc(N[C@H]3CC[C@@H](N4CCN(S(=O)(=O)CCOCCOc5ccc6c(c5)C(=O)N(C5CCC(=O)NC5=O)C6=O)CC4)CC3)c2c1. The number of anilines is 1. The highest BCUT2D eigenvalue weighted by atomic mass is 32.2. The number of sulfonamides is 1. The Bertz CT molecular complexity index is 2070. The third-order valence-corrected chi connectivity index (χ3v) is 12.2. The van der Waals surface area contributed by atoms with Crippen LogP contribution in [0.15, 0.2) is 42.7 Å². The number of carbonyl (C=O) groups is 4. The van der Waals surface area contributed by atoms with E-state index in [1.165, 1.54) is 22.8 Å². The van der Waals surface area contributed by atoms with Crippen molar-refractivity contribution >= 4 is 50.4 Å². The maximum Gasteiger partial charge on any atom is 0.262 e. The molecule has 278 valence electrons. The molecule has 0 radical (unpaired) electrons. The van der Waals surface area contributed by atoms with E-state index in [1.54, 1.807) is 12.1 Å². The minimum atomic E-state index is -3.51. The third-order valence-electron chi connectivity index (χ3n) is 10.4. The number of ether oxygens (including phenoxy) is 2. The Hall–Kier alpha value is -5.02. The number of nitriles is 1. The predicted octanol–water partition coefficient (Wildman–Crippen LogP) is 1.67. The minimum absolute atomic E-state index is 0.000453. The maximum atomic E-state index is 13.1. The minimum Gasteiger partial charge on any atom is -0.491 e. The number of nitrogens with zero attached hydrogens (tertiary/aromatic N) is 6. The van der Waals surface area contributed by atoms with Crippen LogP contribution in [0, 0.1) is 11.3 Å². The third kappa shape index (κ3) is 7.86. The van der Waals surface area contributed by atoms with Gasteiger partial charge in [-0.05, 0) is 68.5 Å². The van der Waals surface area contributed by atoms with Crippen LogP contribution in [0.5, 0.6) is 5.75 Å². The molecule has 1 aromatic heterocycles. The van der Waals surface area contributed by atoms with Crippen molar-refractivity contribution in [2.75, 3.05) is 57.1 Å². The van der Waals surface area contributed by atoms with E-state index in [2.05, 4.69) is 31.6 Å². The zero-order chi connectivity index (χ0) is 37.1. The van der Waals surface area contributed by atoms with Crippen LogP contribution >= 0.6 is 0 Å². The number of rotatable bonds is 12. The van der Waals surface area contributed by atoms with Crippen molar-refractivity contribution < 1.29 is 37.1 Å². The van der Waals surface area contributed by atoms with Crippen molar-refractivity contribution in [1.82, 2.24) is 29.4 Å². The first-order valence-electron chi connectivity index (χ1n) is 17.8. The summed E-state index contributed by atoms with van der Waals surface area (Å²) in [5, 5.41) is 15.9. The topological polar surface area (TPSA) is 204 Å². The summed E-state index contributed by atoms with van der Waals surface area (Å²) in [4.78, 5) is 61.7. The van der Waals surface area contributed by atoms with E-state index in [1.807, 2.05) is 12.1 Å². The molecule has 17 heteroatoms. The Morgan fingerprint density at radius 1 is 0.887 bits per heavy atom. The van der Waals surface area contributed by atoms with E-state index in [0.29, 0.717) is 43.5 Å². The second-order valence-corrected chi connectivity index (χ2v) is 15.7. The number of carbonyl (C=O) groups excluding carboxylic acids is 4. The van der Waals surface area contributed by atoms with Crippen LogP contribution < -0.4 is 15.4 Å².